The van der Waals surface area contributed by atoms with Gasteiger partial charge in [-0.25, -0.2) is 4.99 Å². The third-order valence-corrected chi connectivity index (χ3v) is 6.17. The summed E-state index contributed by atoms with van der Waals surface area (Å²) in [6, 6.07) is 16.3. The van der Waals surface area contributed by atoms with Crippen molar-refractivity contribution in [3.05, 3.63) is 76.4 Å². The van der Waals surface area contributed by atoms with Crippen LogP contribution in [-0.2, 0) is 24.2 Å². The maximum atomic E-state index is 11.9. The number of hydrogen-bond donors (Lipinski definition) is 2. The van der Waals surface area contributed by atoms with E-state index >= 15 is 0 Å². The zero-order valence-corrected chi connectivity index (χ0v) is 21.1. The van der Waals surface area contributed by atoms with Crippen molar-refractivity contribution in [2.45, 2.75) is 32.2 Å². The normalized spacial score (nSPS) is 13.8. The summed E-state index contributed by atoms with van der Waals surface area (Å²) < 4.78 is 5.41. The van der Waals surface area contributed by atoms with Crippen LogP contribution in [0.3, 0.4) is 0 Å². The molecule has 0 radical (unpaired) electrons. The van der Waals surface area contributed by atoms with Crippen LogP contribution in [0.1, 0.15) is 29.0 Å². The molecule has 4 rings (SSSR count). The van der Waals surface area contributed by atoms with Gasteiger partial charge in [0.1, 0.15) is 5.76 Å². The van der Waals surface area contributed by atoms with Crippen LogP contribution in [0.2, 0.25) is 0 Å². The van der Waals surface area contributed by atoms with Crippen LogP contribution in [0.4, 0.5) is 5.69 Å². The van der Waals surface area contributed by atoms with E-state index in [1.165, 1.54) is 4.88 Å². The molecule has 32 heavy (non-hydrogen) atoms. The van der Waals surface area contributed by atoms with Gasteiger partial charge in [0.2, 0.25) is 5.91 Å². The molecule has 0 atom stereocenters. The minimum absolute atomic E-state index is 0. The Balaban J connectivity index is 0.00000289. The number of furan rings is 1. The number of nitrogens with one attached hydrogen (secondary N) is 2. The van der Waals surface area contributed by atoms with Crippen LogP contribution in [0.5, 0.6) is 0 Å². The summed E-state index contributed by atoms with van der Waals surface area (Å²) in [5.74, 6) is 1.96. The van der Waals surface area contributed by atoms with Crippen molar-refractivity contribution in [3.8, 4) is 0 Å². The molecule has 3 aromatic rings. The molecule has 1 fully saturated rings. The Morgan fingerprint density at radius 2 is 1.88 bits per heavy atom. The maximum absolute atomic E-state index is 11.9. The first-order valence-corrected chi connectivity index (χ1v) is 11.6. The zero-order valence-electron chi connectivity index (χ0n) is 18.0. The van der Waals surface area contributed by atoms with E-state index < -0.39 is 0 Å². The van der Waals surface area contributed by atoms with E-state index in [4.69, 9.17) is 9.41 Å². The molecule has 1 aliphatic heterocycles. The number of rotatable bonds is 9. The van der Waals surface area contributed by atoms with Crippen LogP contribution >= 0.6 is 35.3 Å². The minimum atomic E-state index is 0. The second kappa shape index (κ2) is 12.6. The fourth-order valence-corrected chi connectivity index (χ4v) is 4.27. The number of carbonyl (C=O) groups excluding carboxylic acids is 1. The number of halogens is 1. The summed E-state index contributed by atoms with van der Waals surface area (Å²) >= 11 is 1.77. The van der Waals surface area contributed by atoms with Crippen LogP contribution in [0, 0.1) is 0 Å². The van der Waals surface area contributed by atoms with Gasteiger partial charge in [0.25, 0.3) is 0 Å². The SMILES string of the molecule is I.O=C1CCCN1c1ccc(CN=C(NCCc2ccco2)NCCc2cccs2)cc1. The van der Waals surface area contributed by atoms with E-state index in [9.17, 15) is 4.79 Å². The highest BCUT2D eigenvalue weighted by Gasteiger charge is 2.21. The van der Waals surface area contributed by atoms with Crippen molar-refractivity contribution in [1.29, 1.82) is 0 Å². The summed E-state index contributed by atoms with van der Waals surface area (Å²) in [5.41, 5.74) is 2.09. The molecule has 6 nitrogen and oxygen atoms in total. The highest BCUT2D eigenvalue weighted by molar-refractivity contribution is 14.0. The first-order chi connectivity index (χ1) is 15.3. The molecule has 2 aromatic heterocycles. The molecule has 0 unspecified atom stereocenters. The molecule has 8 heteroatoms. The van der Waals surface area contributed by atoms with Crippen molar-refractivity contribution < 1.29 is 9.21 Å². The molecule has 1 saturated heterocycles. The van der Waals surface area contributed by atoms with Gasteiger partial charge in [-0.3, -0.25) is 4.79 Å². The van der Waals surface area contributed by atoms with Gasteiger partial charge in [-0.05, 0) is 54.1 Å². The Hall–Kier alpha value is -2.33. The Morgan fingerprint density at radius 1 is 1.06 bits per heavy atom. The van der Waals surface area contributed by atoms with Gasteiger partial charge >= 0.3 is 0 Å². The second-order valence-corrected chi connectivity index (χ2v) is 8.52. The van der Waals surface area contributed by atoms with E-state index in [0.29, 0.717) is 13.0 Å². The van der Waals surface area contributed by atoms with Gasteiger partial charge in [-0.2, -0.15) is 0 Å². The van der Waals surface area contributed by atoms with Gasteiger partial charge in [0.15, 0.2) is 5.96 Å². The quantitative estimate of drug-likeness (QED) is 0.227. The molecule has 3 heterocycles. The van der Waals surface area contributed by atoms with Gasteiger partial charge in [-0.15, -0.1) is 35.3 Å². The van der Waals surface area contributed by atoms with Crippen molar-refractivity contribution in [2.24, 2.45) is 4.99 Å². The van der Waals surface area contributed by atoms with Crippen molar-refractivity contribution >= 4 is 52.9 Å². The summed E-state index contributed by atoms with van der Waals surface area (Å²) in [5, 5.41) is 8.93. The zero-order chi connectivity index (χ0) is 21.3. The number of aliphatic imine (C=N–C) groups is 1. The second-order valence-electron chi connectivity index (χ2n) is 7.49. The highest BCUT2D eigenvalue weighted by Crippen LogP contribution is 2.21. The van der Waals surface area contributed by atoms with E-state index in [1.807, 2.05) is 29.2 Å². The lowest BCUT2D eigenvalue weighted by Crippen LogP contribution is -2.39. The largest absolute Gasteiger partial charge is 0.469 e. The molecule has 0 saturated carbocycles. The number of anilines is 1. The van der Waals surface area contributed by atoms with Crippen LogP contribution in [0.25, 0.3) is 0 Å². The fraction of sp³-hybridized carbons (Fsp3) is 0.333. The molecule has 1 aromatic carbocycles. The van der Waals surface area contributed by atoms with Gasteiger partial charge < -0.3 is 20.0 Å². The third kappa shape index (κ3) is 7.09. The predicted octanol–water partition coefficient (Wildman–Crippen LogP) is 4.61. The van der Waals surface area contributed by atoms with Crippen molar-refractivity contribution in [2.75, 3.05) is 24.5 Å². The smallest absolute Gasteiger partial charge is 0.227 e. The highest BCUT2D eigenvalue weighted by atomic mass is 127. The first-order valence-electron chi connectivity index (χ1n) is 10.7. The summed E-state index contributed by atoms with van der Waals surface area (Å²) in [6.45, 7) is 2.95. The van der Waals surface area contributed by atoms with Crippen molar-refractivity contribution in [3.63, 3.8) is 0 Å². The predicted molar refractivity (Wildman–Crippen MR) is 141 cm³/mol. The number of nitrogens with zero attached hydrogens (tertiary/aromatic N) is 2. The first kappa shape index (κ1) is 24.3. The molecule has 1 aliphatic rings. The standard InChI is InChI=1S/C24H28N4O2S.HI/c29-23-6-1-15-28(23)20-9-7-19(8-10-20)18-27-24(25-13-11-21-4-2-16-30-21)26-14-12-22-5-3-17-31-22;/h2-5,7-10,16-17H,1,6,11-15,18H2,(H2,25,26,27);1H. The van der Waals surface area contributed by atoms with Crippen LogP contribution in [0.15, 0.2) is 69.6 Å². The summed E-state index contributed by atoms with van der Waals surface area (Å²) in [7, 11) is 0. The number of guanidine groups is 1. The number of thiophene rings is 1. The lowest BCUT2D eigenvalue weighted by Gasteiger charge is -2.16. The molecule has 0 aliphatic carbocycles. The Morgan fingerprint density at radius 3 is 2.53 bits per heavy atom. The fourth-order valence-electron chi connectivity index (χ4n) is 3.56. The number of benzene rings is 1. The van der Waals surface area contributed by atoms with E-state index in [2.05, 4.69) is 40.3 Å². The number of hydrogen-bond acceptors (Lipinski definition) is 4. The average molecular weight is 564 g/mol. The Kier molecular flexibility index (Phi) is 9.61. The molecule has 0 spiro atoms. The van der Waals surface area contributed by atoms with E-state index in [1.54, 1.807) is 17.6 Å². The number of carbonyl (C=O) groups is 1. The molecular weight excluding hydrogens is 535 g/mol. The monoisotopic (exact) mass is 564 g/mol. The summed E-state index contributed by atoms with van der Waals surface area (Å²) in [4.78, 5) is 19.9. The maximum Gasteiger partial charge on any atom is 0.227 e. The van der Waals surface area contributed by atoms with Gasteiger partial charge in [0, 0.05) is 43.0 Å². The molecule has 2 N–H and O–H groups in total. The Bertz CT molecular complexity index is 930. The topological polar surface area (TPSA) is 69.9 Å². The van der Waals surface area contributed by atoms with Crippen LogP contribution < -0.4 is 15.5 Å². The van der Waals surface area contributed by atoms with Crippen molar-refractivity contribution in [1.82, 2.24) is 10.6 Å². The van der Waals surface area contributed by atoms with E-state index in [0.717, 1.165) is 61.9 Å². The Labute approximate surface area is 210 Å². The lowest BCUT2D eigenvalue weighted by molar-refractivity contribution is -0.117. The molecule has 1 amide bonds. The molecular formula is C24H29IN4O2S. The van der Waals surface area contributed by atoms with E-state index in [-0.39, 0.29) is 29.9 Å². The molecule has 0 bridgehead atoms. The third-order valence-electron chi connectivity index (χ3n) is 5.23. The molecule has 170 valence electrons. The lowest BCUT2D eigenvalue weighted by atomic mass is 10.2. The van der Waals surface area contributed by atoms with Gasteiger partial charge in [0.05, 0.1) is 12.8 Å². The number of amides is 1. The average Bonchev–Trinajstić information content (AvgIpc) is 3.56. The minimum Gasteiger partial charge on any atom is -0.469 e. The summed E-state index contributed by atoms with van der Waals surface area (Å²) in [6.07, 6.45) is 5.06. The van der Waals surface area contributed by atoms with Crippen LogP contribution in [-0.4, -0.2) is 31.5 Å². The van der Waals surface area contributed by atoms with Gasteiger partial charge in [-0.1, -0.05) is 18.2 Å².